The molecule has 0 aromatic heterocycles. The number of hydrogen-bond acceptors (Lipinski definition) is 3. The summed E-state index contributed by atoms with van der Waals surface area (Å²) in [6.45, 7) is 0.330. The molecule has 0 aliphatic heterocycles. The molecule has 0 heterocycles. The van der Waals surface area contributed by atoms with E-state index in [1.54, 1.807) is 19.2 Å². The van der Waals surface area contributed by atoms with Gasteiger partial charge in [-0.3, -0.25) is 9.59 Å². The maximum atomic E-state index is 12.6. The maximum Gasteiger partial charge on any atom is 0.255 e. The fourth-order valence-corrected chi connectivity index (χ4v) is 2.61. The molecule has 0 atom stereocenters. The topological polar surface area (TPSA) is 67.4 Å². The van der Waals surface area contributed by atoms with Gasteiger partial charge in [0.25, 0.3) is 5.91 Å². The molecule has 3 aromatic carbocycles. The number of anilines is 1. The van der Waals surface area contributed by atoms with Gasteiger partial charge in [-0.05, 0) is 34.5 Å². The van der Waals surface area contributed by atoms with E-state index >= 15 is 0 Å². The fourth-order valence-electron chi connectivity index (χ4n) is 2.61. The molecule has 0 fully saturated rings. The predicted octanol–water partition coefficient (Wildman–Crippen LogP) is 3.15. The van der Waals surface area contributed by atoms with E-state index < -0.39 is 0 Å². The number of methoxy groups -OCH3 is 1. The highest BCUT2D eigenvalue weighted by Gasteiger charge is 2.13. The standard InChI is InChI=1S/C20H17N2O3/c1-25-19-11-16-7-3-2-6-15(16)10-18(19)20(24)21-12-14-5-4-8-17(9-14)22-13-23/h2-7,9-11,13H,12H2,1H3,(H,21,24)(H,22,23). The minimum Gasteiger partial charge on any atom is -0.496 e. The highest BCUT2D eigenvalue weighted by molar-refractivity contribution is 6.01. The Labute approximate surface area is 145 Å². The van der Waals surface area contributed by atoms with Gasteiger partial charge < -0.3 is 15.4 Å². The zero-order valence-corrected chi connectivity index (χ0v) is 13.7. The van der Waals surface area contributed by atoms with Crippen LogP contribution in [0.4, 0.5) is 5.69 Å². The molecule has 25 heavy (non-hydrogen) atoms. The molecule has 5 nitrogen and oxygen atoms in total. The summed E-state index contributed by atoms with van der Waals surface area (Å²) in [5, 5.41) is 7.40. The highest BCUT2D eigenvalue weighted by atomic mass is 16.5. The van der Waals surface area contributed by atoms with Crippen molar-refractivity contribution in [2.75, 3.05) is 12.4 Å². The molecule has 0 spiro atoms. The average molecular weight is 333 g/mol. The normalized spacial score (nSPS) is 10.3. The molecule has 0 saturated carbocycles. The molecule has 0 bridgehead atoms. The van der Waals surface area contributed by atoms with Crippen molar-refractivity contribution in [2.24, 2.45) is 0 Å². The Morgan fingerprint density at radius 2 is 1.92 bits per heavy atom. The van der Waals surface area contributed by atoms with E-state index in [2.05, 4.69) is 16.7 Å². The van der Waals surface area contributed by atoms with Gasteiger partial charge in [0.05, 0.1) is 12.7 Å². The average Bonchev–Trinajstić information content (AvgIpc) is 2.65. The zero-order valence-electron chi connectivity index (χ0n) is 13.7. The van der Waals surface area contributed by atoms with Crippen LogP contribution in [0.5, 0.6) is 5.75 Å². The summed E-state index contributed by atoms with van der Waals surface area (Å²) in [6.07, 6.45) is 0.591. The Morgan fingerprint density at radius 1 is 1.16 bits per heavy atom. The van der Waals surface area contributed by atoms with Gasteiger partial charge in [0.2, 0.25) is 6.41 Å². The van der Waals surface area contributed by atoms with E-state index in [1.807, 2.05) is 42.5 Å². The lowest BCUT2D eigenvalue weighted by Crippen LogP contribution is -2.23. The third-order valence-electron chi connectivity index (χ3n) is 3.85. The Morgan fingerprint density at radius 3 is 2.64 bits per heavy atom. The first-order valence-corrected chi connectivity index (χ1v) is 7.77. The molecule has 0 unspecified atom stereocenters. The predicted molar refractivity (Wildman–Crippen MR) is 96.6 cm³/mol. The van der Waals surface area contributed by atoms with Gasteiger partial charge in [-0.2, -0.15) is 0 Å². The summed E-state index contributed by atoms with van der Waals surface area (Å²) >= 11 is 0. The first kappa shape index (κ1) is 16.5. The molecule has 2 amide bonds. The summed E-state index contributed by atoms with van der Waals surface area (Å²) in [5.74, 6) is 0.307. The zero-order chi connectivity index (χ0) is 17.6. The number of carbonyl (C=O) groups excluding carboxylic acids is 2. The van der Waals surface area contributed by atoms with Crippen LogP contribution in [0.15, 0.2) is 54.6 Å². The molecule has 0 aliphatic rings. The molecular formula is C20H17N2O3. The minimum absolute atomic E-state index is 0.222. The maximum absolute atomic E-state index is 12.6. The van der Waals surface area contributed by atoms with E-state index in [0.29, 0.717) is 30.0 Å². The fraction of sp³-hybridized carbons (Fsp3) is 0.100. The van der Waals surface area contributed by atoms with Crippen LogP contribution in [0.3, 0.4) is 0 Å². The first-order chi connectivity index (χ1) is 12.2. The number of hydrogen-bond donors (Lipinski definition) is 2. The molecular weight excluding hydrogens is 316 g/mol. The van der Waals surface area contributed by atoms with Crippen molar-refractivity contribution in [3.8, 4) is 5.75 Å². The van der Waals surface area contributed by atoms with Crippen molar-refractivity contribution in [1.82, 2.24) is 5.32 Å². The van der Waals surface area contributed by atoms with Crippen LogP contribution < -0.4 is 15.4 Å². The van der Waals surface area contributed by atoms with E-state index in [4.69, 9.17) is 4.74 Å². The van der Waals surface area contributed by atoms with Crippen molar-refractivity contribution in [2.45, 2.75) is 6.54 Å². The van der Waals surface area contributed by atoms with Gasteiger partial charge in [0, 0.05) is 18.3 Å². The minimum atomic E-state index is -0.222. The number of nitrogens with one attached hydrogen (secondary N) is 2. The van der Waals surface area contributed by atoms with Crippen LogP contribution >= 0.6 is 0 Å². The molecule has 125 valence electrons. The van der Waals surface area contributed by atoms with Crippen molar-refractivity contribution >= 4 is 28.8 Å². The molecule has 0 saturated heterocycles. The summed E-state index contributed by atoms with van der Waals surface area (Å²) in [4.78, 5) is 23.1. The molecule has 5 heteroatoms. The number of carbonyl (C=O) groups is 2. The summed E-state index contributed by atoms with van der Waals surface area (Å²) in [7, 11) is 1.55. The first-order valence-electron chi connectivity index (χ1n) is 7.77. The number of amides is 2. The summed E-state index contributed by atoms with van der Waals surface area (Å²) < 4.78 is 5.36. The van der Waals surface area contributed by atoms with Crippen molar-refractivity contribution in [3.05, 3.63) is 71.8 Å². The SMILES string of the molecule is COc1cc2ccccc2cc1C(=O)NCc1cc[c]c(NC=O)c1. The number of benzene rings is 3. The third-order valence-corrected chi connectivity index (χ3v) is 3.85. The van der Waals surface area contributed by atoms with Crippen LogP contribution in [0.1, 0.15) is 15.9 Å². The number of fused-ring (bicyclic) bond motifs is 1. The van der Waals surface area contributed by atoms with Gasteiger partial charge in [0.15, 0.2) is 0 Å². The smallest absolute Gasteiger partial charge is 0.255 e. The Bertz CT molecular complexity index is 922. The highest BCUT2D eigenvalue weighted by Crippen LogP contribution is 2.26. The van der Waals surface area contributed by atoms with Crippen LogP contribution in [0.2, 0.25) is 0 Å². The lowest BCUT2D eigenvalue weighted by molar-refractivity contribution is -0.105. The van der Waals surface area contributed by atoms with E-state index in [-0.39, 0.29) is 5.91 Å². The Kier molecular flexibility index (Phi) is 4.95. The Hall–Kier alpha value is -3.34. The van der Waals surface area contributed by atoms with Crippen LogP contribution in [-0.4, -0.2) is 19.4 Å². The van der Waals surface area contributed by atoms with Crippen molar-refractivity contribution < 1.29 is 14.3 Å². The Balaban J connectivity index is 1.80. The van der Waals surface area contributed by atoms with Crippen LogP contribution in [0, 0.1) is 6.07 Å². The quantitative estimate of drug-likeness (QED) is 0.681. The molecule has 3 rings (SSSR count). The molecule has 0 aliphatic carbocycles. The van der Waals surface area contributed by atoms with Gasteiger partial charge in [-0.25, -0.2) is 0 Å². The van der Waals surface area contributed by atoms with Crippen LogP contribution in [0.25, 0.3) is 10.8 Å². The van der Waals surface area contributed by atoms with Crippen molar-refractivity contribution in [1.29, 1.82) is 0 Å². The largest absolute Gasteiger partial charge is 0.496 e. The van der Waals surface area contributed by atoms with E-state index in [9.17, 15) is 9.59 Å². The van der Waals surface area contributed by atoms with Crippen molar-refractivity contribution in [3.63, 3.8) is 0 Å². The summed E-state index contributed by atoms with van der Waals surface area (Å²) in [5.41, 5.74) is 1.90. The van der Waals surface area contributed by atoms with E-state index in [1.165, 1.54) is 0 Å². The number of ether oxygens (including phenoxy) is 1. The van der Waals surface area contributed by atoms with Gasteiger partial charge >= 0.3 is 0 Å². The van der Waals surface area contributed by atoms with Crippen LogP contribution in [-0.2, 0) is 11.3 Å². The second-order valence-electron chi connectivity index (χ2n) is 5.46. The second kappa shape index (κ2) is 7.49. The molecule has 3 aromatic rings. The molecule has 2 N–H and O–H groups in total. The summed E-state index contributed by atoms with van der Waals surface area (Å²) in [6, 6.07) is 19.7. The molecule has 1 radical (unpaired) electrons. The number of rotatable bonds is 6. The third kappa shape index (κ3) is 3.77. The van der Waals surface area contributed by atoms with Gasteiger partial charge in [-0.15, -0.1) is 0 Å². The van der Waals surface area contributed by atoms with Gasteiger partial charge in [-0.1, -0.05) is 36.4 Å². The second-order valence-corrected chi connectivity index (χ2v) is 5.46. The van der Waals surface area contributed by atoms with E-state index in [0.717, 1.165) is 16.3 Å². The lowest BCUT2D eigenvalue weighted by Gasteiger charge is -2.11. The monoisotopic (exact) mass is 333 g/mol. The van der Waals surface area contributed by atoms with Gasteiger partial charge in [0.1, 0.15) is 5.75 Å². The lowest BCUT2D eigenvalue weighted by atomic mass is 10.1.